The maximum absolute atomic E-state index is 12.9. The molecule has 1 fully saturated rings. The number of methoxy groups -OCH3 is 1. The fraction of sp³-hybridized carbons (Fsp3) is 0.364. The van der Waals surface area contributed by atoms with E-state index in [0.29, 0.717) is 19.4 Å². The second-order valence-electron chi connectivity index (χ2n) is 6.59. The van der Waals surface area contributed by atoms with Crippen LogP contribution in [0.1, 0.15) is 25.8 Å². The zero-order valence-electron chi connectivity index (χ0n) is 16.6. The van der Waals surface area contributed by atoms with Gasteiger partial charge in [0, 0.05) is 18.2 Å². The van der Waals surface area contributed by atoms with Crippen molar-refractivity contribution in [1.29, 1.82) is 0 Å². The van der Waals surface area contributed by atoms with E-state index in [4.69, 9.17) is 14.5 Å². The van der Waals surface area contributed by atoms with Crippen molar-refractivity contribution in [3.05, 3.63) is 54.1 Å². The highest BCUT2D eigenvalue weighted by molar-refractivity contribution is 8.14. The summed E-state index contributed by atoms with van der Waals surface area (Å²) in [6, 6.07) is 15.6. The number of aryl methyl sites for hydroxylation is 1. The lowest BCUT2D eigenvalue weighted by atomic mass is 10.1. The number of amides is 1. The van der Waals surface area contributed by atoms with Gasteiger partial charge in [-0.25, -0.2) is 4.99 Å². The van der Waals surface area contributed by atoms with Gasteiger partial charge in [-0.3, -0.25) is 9.69 Å². The van der Waals surface area contributed by atoms with E-state index in [-0.39, 0.29) is 11.9 Å². The Kier molecular flexibility index (Phi) is 6.98. The minimum atomic E-state index is 0.109. The molecule has 0 spiro atoms. The molecule has 2 aromatic carbocycles. The molecule has 0 N–H and O–H groups in total. The van der Waals surface area contributed by atoms with Gasteiger partial charge in [0.1, 0.15) is 11.5 Å². The van der Waals surface area contributed by atoms with Gasteiger partial charge in [-0.15, -0.1) is 0 Å². The number of thioether (sulfide) groups is 1. The number of hydrogen-bond donors (Lipinski definition) is 0. The van der Waals surface area contributed by atoms with Crippen LogP contribution in [0.4, 0.5) is 5.69 Å². The van der Waals surface area contributed by atoms with Gasteiger partial charge in [-0.1, -0.05) is 23.9 Å². The summed E-state index contributed by atoms with van der Waals surface area (Å²) in [5.41, 5.74) is 1.95. The van der Waals surface area contributed by atoms with Crippen LogP contribution >= 0.6 is 11.8 Å². The zero-order valence-corrected chi connectivity index (χ0v) is 17.4. The Bertz CT molecular complexity index is 819. The summed E-state index contributed by atoms with van der Waals surface area (Å²) >= 11 is 1.63. The Balaban J connectivity index is 1.66. The lowest BCUT2D eigenvalue weighted by molar-refractivity contribution is -0.128. The van der Waals surface area contributed by atoms with Crippen LogP contribution in [-0.2, 0) is 11.2 Å². The third kappa shape index (κ3) is 5.07. The van der Waals surface area contributed by atoms with Crippen LogP contribution in [0.15, 0.2) is 53.5 Å². The van der Waals surface area contributed by atoms with Gasteiger partial charge in [-0.05, 0) is 62.2 Å². The Morgan fingerprint density at radius 2 is 1.82 bits per heavy atom. The van der Waals surface area contributed by atoms with Gasteiger partial charge in [-0.2, -0.15) is 0 Å². The first-order valence-electron chi connectivity index (χ1n) is 9.50. The molecular weight excluding hydrogens is 372 g/mol. The molecule has 6 heteroatoms. The minimum absolute atomic E-state index is 0.109. The van der Waals surface area contributed by atoms with Crippen LogP contribution in [0.25, 0.3) is 0 Å². The highest BCUT2D eigenvalue weighted by Crippen LogP contribution is 2.29. The van der Waals surface area contributed by atoms with Crippen LogP contribution in [0.5, 0.6) is 11.5 Å². The summed E-state index contributed by atoms with van der Waals surface area (Å²) < 4.78 is 10.6. The molecule has 0 aliphatic carbocycles. The molecule has 2 aromatic rings. The molecule has 1 amide bonds. The van der Waals surface area contributed by atoms with E-state index in [1.165, 1.54) is 0 Å². The summed E-state index contributed by atoms with van der Waals surface area (Å²) in [7, 11) is 1.65. The summed E-state index contributed by atoms with van der Waals surface area (Å²) in [6.45, 7) is 4.66. The first-order chi connectivity index (χ1) is 13.6. The van der Waals surface area contributed by atoms with Crippen molar-refractivity contribution in [2.75, 3.05) is 19.5 Å². The molecule has 148 valence electrons. The van der Waals surface area contributed by atoms with Crippen molar-refractivity contribution in [2.24, 2.45) is 4.99 Å². The summed E-state index contributed by atoms with van der Waals surface area (Å²) in [4.78, 5) is 19.4. The molecule has 1 atom stereocenters. The molecule has 28 heavy (non-hydrogen) atoms. The largest absolute Gasteiger partial charge is 0.497 e. The normalized spacial score (nSPS) is 17.8. The fourth-order valence-electron chi connectivity index (χ4n) is 3.02. The van der Waals surface area contributed by atoms with Crippen molar-refractivity contribution < 1.29 is 14.3 Å². The van der Waals surface area contributed by atoms with Gasteiger partial charge in [0.05, 0.1) is 19.4 Å². The van der Waals surface area contributed by atoms with E-state index in [1.54, 1.807) is 18.9 Å². The van der Waals surface area contributed by atoms with E-state index in [9.17, 15) is 4.79 Å². The number of amidine groups is 1. The second kappa shape index (κ2) is 9.64. The van der Waals surface area contributed by atoms with Gasteiger partial charge in [0.2, 0.25) is 5.91 Å². The highest BCUT2D eigenvalue weighted by atomic mass is 32.2. The molecule has 1 aliphatic heterocycles. The van der Waals surface area contributed by atoms with Crippen LogP contribution < -0.4 is 9.47 Å². The molecule has 0 saturated carbocycles. The molecule has 1 heterocycles. The Labute approximate surface area is 170 Å². The van der Waals surface area contributed by atoms with Gasteiger partial charge in [0.25, 0.3) is 0 Å². The number of carbonyl (C=O) groups excluding carboxylic acids is 1. The van der Waals surface area contributed by atoms with Crippen LogP contribution in [0, 0.1) is 0 Å². The van der Waals surface area contributed by atoms with Crippen LogP contribution in [0.2, 0.25) is 0 Å². The third-order valence-electron chi connectivity index (χ3n) is 4.53. The molecular formula is C22H26N2O3S. The van der Waals surface area contributed by atoms with Crippen molar-refractivity contribution >= 4 is 28.5 Å². The number of aliphatic imine (C=N–C) groups is 1. The lowest BCUT2D eigenvalue weighted by Crippen LogP contribution is -2.37. The minimum Gasteiger partial charge on any atom is -0.497 e. The number of rotatable bonds is 7. The summed E-state index contributed by atoms with van der Waals surface area (Å²) in [5.74, 6) is 2.62. The Hall–Kier alpha value is -2.47. The SMILES string of the molecule is CCOc1ccc(N=C2SC[C@H](C)N2C(=O)CCc2ccc(OC)cc2)cc1. The number of carbonyl (C=O) groups is 1. The van der Waals surface area contributed by atoms with Gasteiger partial charge in [0.15, 0.2) is 5.17 Å². The monoisotopic (exact) mass is 398 g/mol. The Morgan fingerprint density at radius 3 is 2.46 bits per heavy atom. The van der Waals surface area contributed by atoms with Gasteiger partial charge < -0.3 is 9.47 Å². The van der Waals surface area contributed by atoms with E-state index < -0.39 is 0 Å². The molecule has 3 rings (SSSR count). The lowest BCUT2D eigenvalue weighted by Gasteiger charge is -2.21. The maximum Gasteiger partial charge on any atom is 0.229 e. The number of benzene rings is 2. The van der Waals surface area contributed by atoms with E-state index in [1.807, 2.05) is 60.4 Å². The number of hydrogen-bond acceptors (Lipinski definition) is 5. The topological polar surface area (TPSA) is 51.1 Å². The predicted molar refractivity (Wildman–Crippen MR) is 115 cm³/mol. The van der Waals surface area contributed by atoms with Crippen molar-refractivity contribution in [3.63, 3.8) is 0 Å². The molecule has 1 saturated heterocycles. The smallest absolute Gasteiger partial charge is 0.229 e. The summed E-state index contributed by atoms with van der Waals surface area (Å²) in [5, 5.41) is 0.774. The first kappa shape index (κ1) is 20.3. The van der Waals surface area contributed by atoms with Crippen molar-refractivity contribution in [3.8, 4) is 11.5 Å². The quantitative estimate of drug-likeness (QED) is 0.680. The molecule has 5 nitrogen and oxygen atoms in total. The van der Waals surface area contributed by atoms with Crippen molar-refractivity contribution in [1.82, 2.24) is 4.90 Å². The van der Waals surface area contributed by atoms with Crippen LogP contribution in [0.3, 0.4) is 0 Å². The average molecular weight is 399 g/mol. The molecule has 1 aliphatic rings. The van der Waals surface area contributed by atoms with E-state index >= 15 is 0 Å². The predicted octanol–water partition coefficient (Wildman–Crippen LogP) is 4.68. The van der Waals surface area contributed by atoms with E-state index in [2.05, 4.69) is 6.92 Å². The number of ether oxygens (including phenoxy) is 2. The fourth-order valence-corrected chi connectivity index (χ4v) is 4.15. The van der Waals surface area contributed by atoms with Crippen LogP contribution in [-0.4, -0.2) is 41.5 Å². The molecule has 0 radical (unpaired) electrons. The molecule has 0 aromatic heterocycles. The number of nitrogens with zero attached hydrogens (tertiary/aromatic N) is 2. The average Bonchev–Trinajstić information content (AvgIpc) is 3.08. The van der Waals surface area contributed by atoms with E-state index in [0.717, 1.165) is 33.7 Å². The Morgan fingerprint density at radius 1 is 1.14 bits per heavy atom. The first-order valence-corrected chi connectivity index (χ1v) is 10.5. The summed E-state index contributed by atoms with van der Waals surface area (Å²) in [6.07, 6.45) is 1.16. The maximum atomic E-state index is 12.9. The third-order valence-corrected chi connectivity index (χ3v) is 5.72. The standard InChI is InChI=1S/C22H26N2O3S/c1-4-27-20-12-8-18(9-13-20)23-22-24(16(2)15-28-22)21(25)14-7-17-5-10-19(26-3)11-6-17/h5-6,8-13,16H,4,7,14-15H2,1-3H3/t16-/m0/s1. The zero-order chi connectivity index (χ0) is 19.9. The molecule has 0 bridgehead atoms. The van der Waals surface area contributed by atoms with Gasteiger partial charge >= 0.3 is 0 Å². The highest BCUT2D eigenvalue weighted by Gasteiger charge is 2.31. The van der Waals surface area contributed by atoms with Crippen molar-refractivity contribution in [2.45, 2.75) is 32.7 Å². The second-order valence-corrected chi connectivity index (χ2v) is 7.58. The molecule has 0 unspecified atom stereocenters.